The standard InChI is InChI=1S/C17H25N5/c1-4-5-6-13-7-9-14(10-8-13)22-17-15(18)16(19-11-20-17)21-12(2)3/h7-12H,4-6,18H2,1-3H3,(H2,19,20,21,22). The molecule has 2 rings (SSSR count). The molecule has 1 aromatic heterocycles. The van der Waals surface area contributed by atoms with E-state index in [0.717, 1.165) is 12.1 Å². The van der Waals surface area contributed by atoms with Gasteiger partial charge in [-0.25, -0.2) is 9.97 Å². The van der Waals surface area contributed by atoms with E-state index >= 15 is 0 Å². The average molecular weight is 299 g/mol. The molecule has 4 N–H and O–H groups in total. The zero-order valence-corrected chi connectivity index (χ0v) is 13.6. The van der Waals surface area contributed by atoms with E-state index in [1.807, 2.05) is 13.8 Å². The van der Waals surface area contributed by atoms with Crippen LogP contribution in [0.4, 0.5) is 23.0 Å². The van der Waals surface area contributed by atoms with Gasteiger partial charge in [-0.2, -0.15) is 0 Å². The highest BCUT2D eigenvalue weighted by molar-refractivity contribution is 5.77. The zero-order chi connectivity index (χ0) is 15.9. The maximum Gasteiger partial charge on any atom is 0.159 e. The molecule has 0 saturated heterocycles. The highest BCUT2D eigenvalue weighted by Gasteiger charge is 2.09. The molecule has 5 nitrogen and oxygen atoms in total. The fourth-order valence-corrected chi connectivity index (χ4v) is 2.16. The fourth-order valence-electron chi connectivity index (χ4n) is 2.16. The van der Waals surface area contributed by atoms with Gasteiger partial charge in [-0.3, -0.25) is 0 Å². The number of nitrogens with zero attached hydrogens (tertiary/aromatic N) is 2. The summed E-state index contributed by atoms with van der Waals surface area (Å²) in [5, 5.41) is 6.47. The van der Waals surface area contributed by atoms with Gasteiger partial charge in [0.25, 0.3) is 0 Å². The predicted molar refractivity (Wildman–Crippen MR) is 93.5 cm³/mol. The Morgan fingerprint density at radius 1 is 1.09 bits per heavy atom. The molecule has 1 heterocycles. The van der Waals surface area contributed by atoms with E-state index in [2.05, 4.69) is 51.8 Å². The van der Waals surface area contributed by atoms with Crippen molar-refractivity contribution in [2.75, 3.05) is 16.4 Å². The van der Waals surface area contributed by atoms with Gasteiger partial charge in [-0.1, -0.05) is 25.5 Å². The van der Waals surface area contributed by atoms with Crippen molar-refractivity contribution in [3.63, 3.8) is 0 Å². The molecular formula is C17H25N5. The Balaban J connectivity index is 2.10. The number of hydrogen-bond donors (Lipinski definition) is 3. The van der Waals surface area contributed by atoms with Crippen molar-refractivity contribution in [3.8, 4) is 0 Å². The van der Waals surface area contributed by atoms with E-state index in [0.29, 0.717) is 17.3 Å². The molecule has 118 valence electrons. The van der Waals surface area contributed by atoms with E-state index in [4.69, 9.17) is 5.73 Å². The minimum absolute atomic E-state index is 0.267. The summed E-state index contributed by atoms with van der Waals surface area (Å²) in [6.07, 6.45) is 5.06. The molecule has 0 bridgehead atoms. The molecule has 2 aromatic rings. The third kappa shape index (κ3) is 4.35. The zero-order valence-electron chi connectivity index (χ0n) is 13.6. The van der Waals surface area contributed by atoms with Crippen molar-refractivity contribution in [3.05, 3.63) is 36.2 Å². The first-order chi connectivity index (χ1) is 10.6. The molecule has 0 aliphatic heterocycles. The van der Waals surface area contributed by atoms with Crippen LogP contribution in [-0.2, 0) is 6.42 Å². The molecule has 0 aliphatic rings. The third-order valence-corrected chi connectivity index (χ3v) is 3.34. The van der Waals surface area contributed by atoms with Gasteiger partial charge < -0.3 is 16.4 Å². The molecule has 1 aromatic carbocycles. The Morgan fingerprint density at radius 3 is 2.41 bits per heavy atom. The highest BCUT2D eigenvalue weighted by atomic mass is 15.1. The van der Waals surface area contributed by atoms with E-state index in [1.165, 1.54) is 24.7 Å². The SMILES string of the molecule is CCCCc1ccc(Nc2ncnc(NC(C)C)c2N)cc1. The Hall–Kier alpha value is -2.30. The smallest absolute Gasteiger partial charge is 0.159 e. The van der Waals surface area contributed by atoms with Crippen LogP contribution in [-0.4, -0.2) is 16.0 Å². The summed E-state index contributed by atoms with van der Waals surface area (Å²) in [6, 6.07) is 8.66. The van der Waals surface area contributed by atoms with Gasteiger partial charge in [0.15, 0.2) is 11.6 Å². The van der Waals surface area contributed by atoms with Crippen molar-refractivity contribution < 1.29 is 0 Å². The first-order valence-corrected chi connectivity index (χ1v) is 7.83. The lowest BCUT2D eigenvalue weighted by Gasteiger charge is -2.14. The van der Waals surface area contributed by atoms with Crippen LogP contribution in [0.3, 0.4) is 0 Å². The van der Waals surface area contributed by atoms with Crippen LogP contribution >= 0.6 is 0 Å². The monoisotopic (exact) mass is 299 g/mol. The third-order valence-electron chi connectivity index (χ3n) is 3.34. The van der Waals surface area contributed by atoms with E-state index in [9.17, 15) is 0 Å². The summed E-state index contributed by atoms with van der Waals surface area (Å²) >= 11 is 0. The first kappa shape index (κ1) is 16.1. The van der Waals surface area contributed by atoms with Crippen molar-refractivity contribution in [2.24, 2.45) is 0 Å². The summed E-state index contributed by atoms with van der Waals surface area (Å²) in [4.78, 5) is 8.41. The molecule has 0 saturated carbocycles. The number of nitrogen functional groups attached to an aromatic ring is 1. The maximum atomic E-state index is 6.13. The Morgan fingerprint density at radius 2 is 1.77 bits per heavy atom. The van der Waals surface area contributed by atoms with Crippen LogP contribution in [0.2, 0.25) is 0 Å². The normalized spacial score (nSPS) is 10.7. The summed E-state index contributed by atoms with van der Waals surface area (Å²) < 4.78 is 0. The lowest BCUT2D eigenvalue weighted by atomic mass is 10.1. The number of unbranched alkanes of at least 4 members (excludes halogenated alkanes) is 1. The molecular weight excluding hydrogens is 274 g/mol. The van der Waals surface area contributed by atoms with Gasteiger partial charge in [-0.05, 0) is 44.4 Å². The summed E-state index contributed by atoms with van der Waals surface area (Å²) in [6.45, 7) is 6.30. The lowest BCUT2D eigenvalue weighted by molar-refractivity contribution is 0.795. The second-order valence-corrected chi connectivity index (χ2v) is 5.71. The summed E-state index contributed by atoms with van der Waals surface area (Å²) in [7, 11) is 0. The molecule has 0 amide bonds. The Labute approximate surface area is 132 Å². The molecule has 22 heavy (non-hydrogen) atoms. The minimum Gasteiger partial charge on any atom is -0.393 e. The van der Waals surface area contributed by atoms with Crippen LogP contribution in [0, 0.1) is 0 Å². The van der Waals surface area contributed by atoms with E-state index in [-0.39, 0.29) is 6.04 Å². The Bertz CT molecular complexity index is 592. The number of nitrogens with two attached hydrogens (primary N) is 1. The van der Waals surface area contributed by atoms with Crippen LogP contribution in [0.25, 0.3) is 0 Å². The summed E-state index contributed by atoms with van der Waals surface area (Å²) in [5.41, 5.74) is 8.98. The first-order valence-electron chi connectivity index (χ1n) is 7.83. The second-order valence-electron chi connectivity index (χ2n) is 5.71. The van der Waals surface area contributed by atoms with Gasteiger partial charge in [0.1, 0.15) is 12.0 Å². The van der Waals surface area contributed by atoms with Gasteiger partial charge >= 0.3 is 0 Å². The lowest BCUT2D eigenvalue weighted by Crippen LogP contribution is -2.14. The van der Waals surface area contributed by atoms with Crippen molar-refractivity contribution in [1.29, 1.82) is 0 Å². The van der Waals surface area contributed by atoms with E-state index < -0.39 is 0 Å². The molecule has 0 radical (unpaired) electrons. The second kappa shape index (κ2) is 7.64. The number of hydrogen-bond acceptors (Lipinski definition) is 5. The van der Waals surface area contributed by atoms with E-state index in [1.54, 1.807) is 0 Å². The Kier molecular flexibility index (Phi) is 5.58. The van der Waals surface area contributed by atoms with Crippen LogP contribution in [0.1, 0.15) is 39.2 Å². The molecule has 0 atom stereocenters. The number of rotatable bonds is 7. The number of benzene rings is 1. The molecule has 0 unspecified atom stereocenters. The molecule has 5 heteroatoms. The maximum absolute atomic E-state index is 6.13. The minimum atomic E-state index is 0.267. The quantitative estimate of drug-likeness (QED) is 0.721. The number of aromatic nitrogens is 2. The van der Waals surface area contributed by atoms with Crippen LogP contribution in [0.15, 0.2) is 30.6 Å². The average Bonchev–Trinajstić information content (AvgIpc) is 2.50. The van der Waals surface area contributed by atoms with Crippen molar-refractivity contribution in [1.82, 2.24) is 9.97 Å². The fraction of sp³-hybridized carbons (Fsp3) is 0.412. The van der Waals surface area contributed by atoms with Gasteiger partial charge in [0, 0.05) is 11.7 Å². The van der Waals surface area contributed by atoms with Gasteiger partial charge in [0.05, 0.1) is 0 Å². The van der Waals surface area contributed by atoms with Crippen LogP contribution in [0.5, 0.6) is 0 Å². The number of nitrogens with one attached hydrogen (secondary N) is 2. The van der Waals surface area contributed by atoms with Crippen molar-refractivity contribution in [2.45, 2.75) is 46.1 Å². The number of anilines is 4. The molecule has 0 aliphatic carbocycles. The van der Waals surface area contributed by atoms with Crippen molar-refractivity contribution >= 4 is 23.0 Å². The topological polar surface area (TPSA) is 75.9 Å². The molecule has 0 fully saturated rings. The highest BCUT2D eigenvalue weighted by Crippen LogP contribution is 2.26. The number of aryl methyl sites for hydroxylation is 1. The summed E-state index contributed by atoms with van der Waals surface area (Å²) in [5.74, 6) is 1.28. The molecule has 0 spiro atoms. The van der Waals surface area contributed by atoms with Gasteiger partial charge in [-0.15, -0.1) is 0 Å². The predicted octanol–water partition coefficient (Wildman–Crippen LogP) is 3.97. The van der Waals surface area contributed by atoms with Crippen LogP contribution < -0.4 is 16.4 Å². The largest absolute Gasteiger partial charge is 0.393 e. The van der Waals surface area contributed by atoms with Gasteiger partial charge in [0.2, 0.25) is 0 Å².